The summed E-state index contributed by atoms with van der Waals surface area (Å²) in [6.45, 7) is 10.5. The molecule has 0 aromatic carbocycles. The molecule has 1 amide bonds. The number of rotatable bonds is 2. The average Bonchev–Trinajstić information content (AvgIpc) is 3.00. The van der Waals surface area contributed by atoms with E-state index >= 15 is 0 Å². The molecule has 0 aliphatic carbocycles. The highest BCUT2D eigenvalue weighted by atomic mass is 16.6. The highest BCUT2D eigenvalue weighted by molar-refractivity contribution is 5.98. The first-order valence-electron chi connectivity index (χ1n) is 12.3. The van der Waals surface area contributed by atoms with Crippen molar-refractivity contribution in [3.8, 4) is 5.75 Å². The zero-order chi connectivity index (χ0) is 24.6. The minimum Gasteiger partial charge on any atom is -0.485 e. The van der Waals surface area contributed by atoms with E-state index in [1.165, 1.54) is 11.2 Å². The van der Waals surface area contributed by atoms with E-state index in [1.54, 1.807) is 6.20 Å². The van der Waals surface area contributed by atoms with Gasteiger partial charge < -0.3 is 24.0 Å². The number of carbonyl (C=O) groups is 1. The first kappa shape index (κ1) is 23.7. The lowest BCUT2D eigenvalue weighted by Crippen LogP contribution is -2.38. The minimum atomic E-state index is -0.672. The molecule has 0 N–H and O–H groups in total. The molecule has 2 saturated heterocycles. The Hall–Kier alpha value is -2.98. The van der Waals surface area contributed by atoms with Crippen molar-refractivity contribution in [3.05, 3.63) is 29.8 Å². The second-order valence-corrected chi connectivity index (χ2v) is 10.4. The van der Waals surface area contributed by atoms with Crippen molar-refractivity contribution in [2.24, 2.45) is 0 Å². The van der Waals surface area contributed by atoms with Gasteiger partial charge in [0.05, 0.1) is 30.7 Å². The number of pyridine rings is 1. The second-order valence-electron chi connectivity index (χ2n) is 10.4. The fourth-order valence-corrected chi connectivity index (χ4v) is 4.78. The first-order chi connectivity index (χ1) is 16.8. The number of aromatic nitrogens is 3. The average molecular weight is 483 g/mol. The largest absolute Gasteiger partial charge is 0.485 e. The number of fused-ring (bicyclic) bond motifs is 2. The summed E-state index contributed by atoms with van der Waals surface area (Å²) < 4.78 is 17.6. The van der Waals surface area contributed by atoms with Crippen LogP contribution in [0.2, 0.25) is 0 Å². The number of morpholine rings is 1. The van der Waals surface area contributed by atoms with Crippen LogP contribution >= 0.6 is 0 Å². The molecule has 3 aliphatic heterocycles. The van der Waals surface area contributed by atoms with E-state index < -0.39 is 11.7 Å². The van der Waals surface area contributed by atoms with Crippen molar-refractivity contribution < 1.29 is 19.0 Å². The molecule has 0 bridgehead atoms. The molecule has 0 radical (unpaired) electrons. The lowest BCUT2D eigenvalue weighted by Gasteiger charge is -2.31. The maximum absolute atomic E-state index is 13.6. The van der Waals surface area contributed by atoms with Crippen molar-refractivity contribution >= 4 is 23.4 Å². The van der Waals surface area contributed by atoms with Crippen LogP contribution < -0.4 is 14.5 Å². The van der Waals surface area contributed by atoms with Gasteiger partial charge in [-0.25, -0.2) is 19.7 Å². The number of hydrogen-bond donors (Lipinski definition) is 0. The number of likely N-dealkylation sites (tertiary alicyclic amines) is 1. The SMILES string of the molecule is CN1CCC(c2cc3c(cn2)OCc2c(N4CCOCC4)ncnc2N3C(=O)OC(C)(C)C)CC1. The number of carbonyl (C=O) groups excluding carboxylic acids is 1. The minimum absolute atomic E-state index is 0.227. The Labute approximate surface area is 206 Å². The molecule has 2 fully saturated rings. The molecule has 10 nitrogen and oxygen atoms in total. The summed E-state index contributed by atoms with van der Waals surface area (Å²) in [5.41, 5.74) is 1.64. The molecule has 5 rings (SSSR count). The summed E-state index contributed by atoms with van der Waals surface area (Å²) in [5, 5.41) is 0. The molecule has 35 heavy (non-hydrogen) atoms. The normalized spacial score (nSPS) is 19.4. The first-order valence-corrected chi connectivity index (χ1v) is 12.3. The summed E-state index contributed by atoms with van der Waals surface area (Å²) in [5.74, 6) is 2.09. The summed E-state index contributed by atoms with van der Waals surface area (Å²) in [6.07, 6.45) is 4.78. The fraction of sp³-hybridized carbons (Fsp3) is 0.600. The molecule has 0 unspecified atom stereocenters. The van der Waals surface area contributed by atoms with Gasteiger partial charge in [0.15, 0.2) is 11.6 Å². The number of nitrogens with zero attached hydrogens (tertiary/aromatic N) is 6. The molecule has 0 saturated carbocycles. The van der Waals surface area contributed by atoms with Crippen LogP contribution in [0.3, 0.4) is 0 Å². The Kier molecular flexibility index (Phi) is 6.50. The van der Waals surface area contributed by atoms with Crippen molar-refractivity contribution in [2.45, 2.75) is 51.7 Å². The highest BCUT2D eigenvalue weighted by Crippen LogP contribution is 2.43. The Morgan fingerprint density at radius 2 is 1.77 bits per heavy atom. The standard InChI is InChI=1S/C25H34N6O4/c1-25(2,3)35-24(32)31-20-13-19(17-5-7-29(4)8-6-17)26-14-21(20)34-15-18-22(27-16-28-23(18)31)30-9-11-33-12-10-30/h13-14,16-17H,5-12,15H2,1-4H3. The maximum atomic E-state index is 13.6. The molecule has 188 valence electrons. The number of hydrogen-bond acceptors (Lipinski definition) is 9. The van der Waals surface area contributed by atoms with Crippen LogP contribution in [-0.2, 0) is 16.1 Å². The Morgan fingerprint density at radius 1 is 1.06 bits per heavy atom. The van der Waals surface area contributed by atoms with Gasteiger partial charge in [-0.3, -0.25) is 4.98 Å². The number of amides is 1. The van der Waals surface area contributed by atoms with Crippen LogP contribution in [0.5, 0.6) is 5.75 Å². The van der Waals surface area contributed by atoms with Crippen molar-refractivity contribution in [1.82, 2.24) is 19.9 Å². The fourth-order valence-electron chi connectivity index (χ4n) is 4.78. The molecule has 0 atom stereocenters. The summed E-state index contributed by atoms with van der Waals surface area (Å²) in [6, 6.07) is 1.97. The number of anilines is 3. The van der Waals surface area contributed by atoms with Gasteiger partial charge in [0, 0.05) is 24.7 Å². The smallest absolute Gasteiger partial charge is 0.420 e. The Morgan fingerprint density at radius 3 is 2.49 bits per heavy atom. The maximum Gasteiger partial charge on any atom is 0.420 e. The van der Waals surface area contributed by atoms with Crippen molar-refractivity contribution in [3.63, 3.8) is 0 Å². The third-order valence-corrected chi connectivity index (χ3v) is 6.62. The molecule has 2 aromatic rings. The van der Waals surface area contributed by atoms with Crippen LogP contribution in [-0.4, -0.2) is 78.0 Å². The Bertz CT molecular complexity index is 1070. The zero-order valence-electron chi connectivity index (χ0n) is 21.0. The van der Waals surface area contributed by atoms with Gasteiger partial charge >= 0.3 is 6.09 Å². The van der Waals surface area contributed by atoms with E-state index in [0.29, 0.717) is 49.5 Å². The highest BCUT2D eigenvalue weighted by Gasteiger charge is 2.35. The van der Waals surface area contributed by atoms with Crippen LogP contribution in [0.15, 0.2) is 18.6 Å². The van der Waals surface area contributed by atoms with E-state index in [-0.39, 0.29) is 6.61 Å². The monoisotopic (exact) mass is 482 g/mol. The third kappa shape index (κ3) is 5.04. The van der Waals surface area contributed by atoms with E-state index in [9.17, 15) is 4.79 Å². The lowest BCUT2D eigenvalue weighted by atomic mass is 9.93. The third-order valence-electron chi connectivity index (χ3n) is 6.62. The summed E-state index contributed by atoms with van der Waals surface area (Å²) in [4.78, 5) is 33.5. The van der Waals surface area contributed by atoms with Gasteiger partial charge in [-0.05, 0) is 59.8 Å². The quantitative estimate of drug-likeness (QED) is 0.638. The van der Waals surface area contributed by atoms with E-state index in [4.69, 9.17) is 19.2 Å². The van der Waals surface area contributed by atoms with Crippen molar-refractivity contribution in [1.29, 1.82) is 0 Å². The number of piperidine rings is 1. The van der Waals surface area contributed by atoms with Gasteiger partial charge in [-0.15, -0.1) is 0 Å². The predicted molar refractivity (Wildman–Crippen MR) is 131 cm³/mol. The molecular weight excluding hydrogens is 448 g/mol. The summed E-state index contributed by atoms with van der Waals surface area (Å²) >= 11 is 0. The van der Waals surface area contributed by atoms with Crippen LogP contribution in [0, 0.1) is 0 Å². The molecule has 10 heteroatoms. The van der Waals surface area contributed by atoms with E-state index in [2.05, 4.69) is 26.8 Å². The van der Waals surface area contributed by atoms with Gasteiger partial charge in [0.2, 0.25) is 0 Å². The number of ether oxygens (including phenoxy) is 3. The van der Waals surface area contributed by atoms with Crippen LogP contribution in [0.4, 0.5) is 22.1 Å². The van der Waals surface area contributed by atoms with Gasteiger partial charge in [0.25, 0.3) is 0 Å². The zero-order valence-corrected chi connectivity index (χ0v) is 21.0. The molecule has 0 spiro atoms. The van der Waals surface area contributed by atoms with E-state index in [1.807, 2.05) is 26.8 Å². The van der Waals surface area contributed by atoms with Crippen molar-refractivity contribution in [2.75, 3.05) is 56.2 Å². The molecule has 2 aromatic heterocycles. The summed E-state index contributed by atoms with van der Waals surface area (Å²) in [7, 11) is 2.14. The van der Waals surface area contributed by atoms with Crippen LogP contribution in [0.1, 0.15) is 50.8 Å². The predicted octanol–water partition coefficient (Wildman–Crippen LogP) is 3.48. The molecular formula is C25H34N6O4. The Balaban J connectivity index is 1.59. The van der Waals surface area contributed by atoms with Gasteiger partial charge in [0.1, 0.15) is 24.4 Å². The van der Waals surface area contributed by atoms with Crippen LogP contribution in [0.25, 0.3) is 0 Å². The molecule has 5 heterocycles. The van der Waals surface area contributed by atoms with E-state index in [0.717, 1.165) is 43.0 Å². The van der Waals surface area contributed by atoms with Gasteiger partial charge in [-0.1, -0.05) is 0 Å². The molecule has 3 aliphatic rings. The van der Waals surface area contributed by atoms with Gasteiger partial charge in [-0.2, -0.15) is 0 Å². The topological polar surface area (TPSA) is 93.1 Å². The second kappa shape index (κ2) is 9.58. The lowest BCUT2D eigenvalue weighted by molar-refractivity contribution is 0.0597.